The zero-order valence-electron chi connectivity index (χ0n) is 12.9. The van der Waals surface area contributed by atoms with Gasteiger partial charge in [0.05, 0.1) is 6.04 Å². The minimum Gasteiger partial charge on any atom is -0.350 e. The molecule has 19 heavy (non-hydrogen) atoms. The van der Waals surface area contributed by atoms with Crippen molar-refractivity contribution in [1.82, 2.24) is 15.5 Å². The number of amides is 1. The van der Waals surface area contributed by atoms with Gasteiger partial charge in [0.25, 0.3) is 0 Å². The number of hydrogen-bond donors (Lipinski definition) is 2. The van der Waals surface area contributed by atoms with Crippen molar-refractivity contribution in [3.05, 3.63) is 0 Å². The number of carbonyl (C=O) groups is 1. The predicted octanol–water partition coefficient (Wildman–Crippen LogP) is 1.37. The lowest BCUT2D eigenvalue weighted by atomic mass is 9.86. The topological polar surface area (TPSA) is 44.4 Å². The van der Waals surface area contributed by atoms with Crippen LogP contribution >= 0.6 is 0 Å². The molecular formula is C15H29N3O. The molecule has 0 bridgehead atoms. The van der Waals surface area contributed by atoms with E-state index in [0.29, 0.717) is 5.41 Å². The Balaban J connectivity index is 1.90. The molecule has 1 spiro atoms. The zero-order chi connectivity index (χ0) is 14.1. The maximum atomic E-state index is 12.3. The molecule has 2 aliphatic heterocycles. The van der Waals surface area contributed by atoms with Crippen LogP contribution in [0.3, 0.4) is 0 Å². The molecule has 2 fully saturated rings. The molecule has 0 aliphatic carbocycles. The van der Waals surface area contributed by atoms with Gasteiger partial charge in [-0.1, -0.05) is 6.92 Å². The fourth-order valence-corrected chi connectivity index (χ4v) is 3.14. The first-order chi connectivity index (χ1) is 8.87. The number of likely N-dealkylation sites (tertiary alicyclic amines) is 1. The molecule has 0 aromatic rings. The summed E-state index contributed by atoms with van der Waals surface area (Å²) < 4.78 is 0. The van der Waals surface area contributed by atoms with Crippen LogP contribution in [0.25, 0.3) is 0 Å². The summed E-state index contributed by atoms with van der Waals surface area (Å²) in [5, 5.41) is 6.63. The van der Waals surface area contributed by atoms with E-state index in [1.54, 1.807) is 0 Å². The van der Waals surface area contributed by atoms with Crippen molar-refractivity contribution in [3.63, 3.8) is 0 Å². The third-order valence-electron chi connectivity index (χ3n) is 5.07. The minimum absolute atomic E-state index is 0.00852. The Kier molecular flexibility index (Phi) is 4.21. The number of nitrogens with zero attached hydrogens (tertiary/aromatic N) is 1. The van der Waals surface area contributed by atoms with Gasteiger partial charge in [-0.15, -0.1) is 0 Å². The number of rotatable bonds is 4. The average molecular weight is 267 g/mol. The highest BCUT2D eigenvalue weighted by Gasteiger charge is 2.42. The van der Waals surface area contributed by atoms with E-state index in [-0.39, 0.29) is 17.5 Å². The molecule has 1 amide bonds. The van der Waals surface area contributed by atoms with Crippen LogP contribution in [0.5, 0.6) is 0 Å². The molecule has 0 aromatic heterocycles. The SMILES string of the molecule is CCC(C)(C)NC(=O)C(C)N1CCC2(CCNC2)C1. The number of nitrogens with one attached hydrogen (secondary N) is 2. The summed E-state index contributed by atoms with van der Waals surface area (Å²) >= 11 is 0. The number of carbonyl (C=O) groups excluding carboxylic acids is 1. The number of hydrogen-bond acceptors (Lipinski definition) is 3. The van der Waals surface area contributed by atoms with E-state index in [1.165, 1.54) is 12.8 Å². The van der Waals surface area contributed by atoms with Gasteiger partial charge in [-0.3, -0.25) is 9.69 Å². The van der Waals surface area contributed by atoms with Gasteiger partial charge in [0.2, 0.25) is 5.91 Å². The van der Waals surface area contributed by atoms with Gasteiger partial charge < -0.3 is 10.6 Å². The molecule has 110 valence electrons. The lowest BCUT2D eigenvalue weighted by Crippen LogP contribution is -2.51. The standard InChI is InChI=1S/C15H29N3O/c1-5-14(3,4)17-13(19)12(2)18-9-7-15(11-18)6-8-16-10-15/h12,16H,5-11H2,1-4H3,(H,17,19). The maximum absolute atomic E-state index is 12.3. The second-order valence-corrected chi connectivity index (χ2v) is 7.05. The Bertz CT molecular complexity index is 334. The van der Waals surface area contributed by atoms with Crippen molar-refractivity contribution < 1.29 is 4.79 Å². The predicted molar refractivity (Wildman–Crippen MR) is 78.1 cm³/mol. The largest absolute Gasteiger partial charge is 0.350 e. The fraction of sp³-hybridized carbons (Fsp3) is 0.933. The molecule has 0 aromatic carbocycles. The lowest BCUT2D eigenvalue weighted by Gasteiger charge is -2.31. The van der Waals surface area contributed by atoms with Crippen LogP contribution in [0.2, 0.25) is 0 Å². The molecule has 2 saturated heterocycles. The summed E-state index contributed by atoms with van der Waals surface area (Å²) in [6.45, 7) is 12.7. The van der Waals surface area contributed by atoms with Gasteiger partial charge in [0.1, 0.15) is 0 Å². The van der Waals surface area contributed by atoms with E-state index < -0.39 is 0 Å². The molecule has 2 heterocycles. The third kappa shape index (κ3) is 3.29. The second kappa shape index (κ2) is 5.41. The summed E-state index contributed by atoms with van der Waals surface area (Å²) in [6, 6.07) is -0.00852. The van der Waals surface area contributed by atoms with E-state index in [0.717, 1.165) is 32.6 Å². The van der Waals surface area contributed by atoms with E-state index in [2.05, 4.69) is 36.3 Å². The molecule has 0 radical (unpaired) electrons. The first-order valence-corrected chi connectivity index (χ1v) is 7.64. The van der Waals surface area contributed by atoms with Crippen molar-refractivity contribution in [2.24, 2.45) is 5.41 Å². The van der Waals surface area contributed by atoms with E-state index >= 15 is 0 Å². The molecule has 4 nitrogen and oxygen atoms in total. The summed E-state index contributed by atoms with van der Waals surface area (Å²) in [7, 11) is 0. The van der Waals surface area contributed by atoms with Gasteiger partial charge in [0, 0.05) is 18.6 Å². The second-order valence-electron chi connectivity index (χ2n) is 7.05. The Labute approximate surface area is 117 Å². The molecule has 2 unspecified atom stereocenters. The van der Waals surface area contributed by atoms with Crippen LogP contribution < -0.4 is 10.6 Å². The molecule has 4 heteroatoms. The average Bonchev–Trinajstić information content (AvgIpc) is 2.99. The zero-order valence-corrected chi connectivity index (χ0v) is 12.9. The third-order valence-corrected chi connectivity index (χ3v) is 5.07. The first kappa shape index (κ1) is 14.8. The van der Waals surface area contributed by atoms with Crippen molar-refractivity contribution in [1.29, 1.82) is 0 Å². The normalized spacial score (nSPS) is 29.9. The van der Waals surface area contributed by atoms with Crippen LogP contribution in [0, 0.1) is 5.41 Å². The van der Waals surface area contributed by atoms with E-state index in [4.69, 9.17) is 0 Å². The Morgan fingerprint density at radius 1 is 1.47 bits per heavy atom. The summed E-state index contributed by atoms with van der Waals surface area (Å²) in [6.07, 6.45) is 3.45. The first-order valence-electron chi connectivity index (χ1n) is 7.64. The molecule has 0 saturated carbocycles. The van der Waals surface area contributed by atoms with Gasteiger partial charge in [-0.2, -0.15) is 0 Å². The van der Waals surface area contributed by atoms with Crippen LogP contribution in [0.15, 0.2) is 0 Å². The van der Waals surface area contributed by atoms with Gasteiger partial charge >= 0.3 is 0 Å². The van der Waals surface area contributed by atoms with Crippen molar-refractivity contribution >= 4 is 5.91 Å². The smallest absolute Gasteiger partial charge is 0.237 e. The lowest BCUT2D eigenvalue weighted by molar-refractivity contribution is -0.127. The summed E-state index contributed by atoms with van der Waals surface area (Å²) in [5.41, 5.74) is 0.340. The van der Waals surface area contributed by atoms with Crippen molar-refractivity contribution in [3.8, 4) is 0 Å². The van der Waals surface area contributed by atoms with Crippen LogP contribution in [-0.2, 0) is 4.79 Å². The molecular weight excluding hydrogens is 238 g/mol. The Morgan fingerprint density at radius 3 is 2.79 bits per heavy atom. The summed E-state index contributed by atoms with van der Waals surface area (Å²) in [5.74, 6) is 0.176. The highest BCUT2D eigenvalue weighted by molar-refractivity contribution is 5.82. The van der Waals surface area contributed by atoms with Crippen LogP contribution in [0.4, 0.5) is 0 Å². The van der Waals surface area contributed by atoms with Gasteiger partial charge in [0.15, 0.2) is 0 Å². The van der Waals surface area contributed by atoms with E-state index in [1.807, 2.05) is 6.92 Å². The van der Waals surface area contributed by atoms with Crippen LogP contribution in [0.1, 0.15) is 47.0 Å². The van der Waals surface area contributed by atoms with Gasteiger partial charge in [-0.25, -0.2) is 0 Å². The highest BCUT2D eigenvalue weighted by Crippen LogP contribution is 2.36. The fourth-order valence-electron chi connectivity index (χ4n) is 3.14. The Morgan fingerprint density at radius 2 is 2.21 bits per heavy atom. The van der Waals surface area contributed by atoms with Gasteiger partial charge in [-0.05, 0) is 58.5 Å². The monoisotopic (exact) mass is 267 g/mol. The maximum Gasteiger partial charge on any atom is 0.237 e. The highest BCUT2D eigenvalue weighted by atomic mass is 16.2. The molecule has 2 aliphatic rings. The van der Waals surface area contributed by atoms with Crippen molar-refractivity contribution in [2.45, 2.75) is 58.5 Å². The van der Waals surface area contributed by atoms with Crippen LogP contribution in [-0.4, -0.2) is 48.6 Å². The minimum atomic E-state index is -0.0995. The molecule has 2 N–H and O–H groups in total. The van der Waals surface area contributed by atoms with E-state index in [9.17, 15) is 4.79 Å². The van der Waals surface area contributed by atoms with Crippen molar-refractivity contribution in [2.75, 3.05) is 26.2 Å². The Hall–Kier alpha value is -0.610. The molecule has 2 rings (SSSR count). The summed E-state index contributed by atoms with van der Waals surface area (Å²) in [4.78, 5) is 14.7. The quantitative estimate of drug-likeness (QED) is 0.808. The molecule has 2 atom stereocenters.